The standard InChI is InChI=1S/C10H24Cl2I2OS2/c1-9(2,3)13(7,11)17-15-14(8,16-12)10(4,5)6/h1-8H3/q-2. The van der Waals surface area contributed by atoms with Gasteiger partial charge in [-0.25, -0.2) is 0 Å². The van der Waals surface area contributed by atoms with Crippen molar-refractivity contribution in [2.75, 3.05) is 9.86 Å². The van der Waals surface area contributed by atoms with Crippen molar-refractivity contribution in [2.45, 2.75) is 48.4 Å². The topological polar surface area (TPSA) is 9.23 Å². The van der Waals surface area contributed by atoms with Crippen molar-refractivity contribution < 1.29 is 35.9 Å². The van der Waals surface area contributed by atoms with Gasteiger partial charge in [-0.2, -0.15) is 0 Å². The Morgan fingerprint density at radius 2 is 1.35 bits per heavy atom. The van der Waals surface area contributed by atoms with Crippen molar-refractivity contribution in [3.05, 3.63) is 0 Å². The van der Waals surface area contributed by atoms with Crippen LogP contribution in [-0.4, -0.2) is 16.7 Å². The van der Waals surface area contributed by atoms with Crippen molar-refractivity contribution in [1.82, 2.24) is 0 Å². The van der Waals surface area contributed by atoms with Gasteiger partial charge in [-0.3, -0.25) is 0 Å². The minimum atomic E-state index is -2.47. The Kier molecular flexibility index (Phi) is 7.70. The monoisotopic (exact) mass is 548 g/mol. The molecule has 0 aromatic rings. The van der Waals surface area contributed by atoms with E-state index in [9.17, 15) is 0 Å². The molecule has 0 aromatic carbocycles. The molecule has 112 valence electrons. The Balaban J connectivity index is 4.77. The average Bonchev–Trinajstić information content (AvgIpc) is 2.10. The molecule has 2 atom stereocenters. The van der Waals surface area contributed by atoms with Crippen LogP contribution in [0.5, 0.6) is 0 Å². The van der Waals surface area contributed by atoms with Crippen LogP contribution in [0, 0.1) is 0 Å². The summed E-state index contributed by atoms with van der Waals surface area (Å²) in [6, 6.07) is 0. The molecule has 2 unspecified atom stereocenters. The van der Waals surface area contributed by atoms with E-state index in [2.05, 4.69) is 51.4 Å². The molecule has 0 fully saturated rings. The van der Waals surface area contributed by atoms with Gasteiger partial charge >= 0.3 is 131 Å². The summed E-state index contributed by atoms with van der Waals surface area (Å²) in [6.07, 6.45) is 0. The SMILES string of the molecule is CC(C)(C)[I-](C)(Cl)SO[I-](C)(SCl)C(C)(C)C. The van der Waals surface area contributed by atoms with E-state index < -0.39 is 33.4 Å². The van der Waals surface area contributed by atoms with Crippen LogP contribution in [0.15, 0.2) is 0 Å². The van der Waals surface area contributed by atoms with E-state index in [0.29, 0.717) is 0 Å². The van der Waals surface area contributed by atoms with Crippen LogP contribution >= 0.6 is 37.0 Å². The fourth-order valence-electron chi connectivity index (χ4n) is 0.376. The Morgan fingerprint density at radius 3 is 1.59 bits per heavy atom. The van der Waals surface area contributed by atoms with Crippen molar-refractivity contribution in [1.29, 1.82) is 0 Å². The van der Waals surface area contributed by atoms with Gasteiger partial charge in [-0.1, -0.05) is 0 Å². The third-order valence-corrected chi connectivity index (χ3v) is 39.5. The molecule has 1 nitrogen and oxygen atoms in total. The number of hydrogen-bond acceptors (Lipinski definition) is 3. The third kappa shape index (κ3) is 5.53. The predicted octanol–water partition coefficient (Wildman–Crippen LogP) is -0.386. The molecule has 0 bridgehead atoms. The van der Waals surface area contributed by atoms with Crippen LogP contribution in [0.2, 0.25) is 0 Å². The Morgan fingerprint density at radius 1 is 0.941 bits per heavy atom. The molecule has 0 heterocycles. The zero-order valence-corrected chi connectivity index (χ0v) is 19.2. The summed E-state index contributed by atoms with van der Waals surface area (Å²) in [4.78, 5) is 4.38. The Bertz CT molecular complexity index is 264. The zero-order chi connectivity index (χ0) is 14.1. The third-order valence-electron chi connectivity index (χ3n) is 2.42. The first kappa shape index (κ1) is 19.7. The molecule has 0 aliphatic heterocycles. The van der Waals surface area contributed by atoms with Gasteiger partial charge in [0.1, 0.15) is 0 Å². The van der Waals surface area contributed by atoms with Crippen molar-refractivity contribution in [3.63, 3.8) is 0 Å². The van der Waals surface area contributed by atoms with E-state index in [-0.39, 0.29) is 6.84 Å². The van der Waals surface area contributed by atoms with Gasteiger partial charge in [0, 0.05) is 0 Å². The molecule has 0 N–H and O–H groups in total. The summed E-state index contributed by atoms with van der Waals surface area (Å²) >= 11 is -4.89. The Hall–Kier alpha value is 2.70. The first-order valence-electron chi connectivity index (χ1n) is 5.06. The molecular formula is C10H24Cl2I2OS2-2. The fourth-order valence-corrected chi connectivity index (χ4v) is 28.1. The summed E-state index contributed by atoms with van der Waals surface area (Å²) < 4.78 is 6.50. The van der Waals surface area contributed by atoms with E-state index in [1.807, 2.05) is 0 Å². The molecule has 0 saturated carbocycles. The van der Waals surface area contributed by atoms with Gasteiger partial charge < -0.3 is 0 Å². The first-order chi connectivity index (χ1) is 7.27. The van der Waals surface area contributed by atoms with Crippen LogP contribution in [0.25, 0.3) is 0 Å². The zero-order valence-electron chi connectivity index (χ0n) is 11.7. The number of halogens is 4. The number of hydrogen-bond donors (Lipinski definition) is 0. The van der Waals surface area contributed by atoms with Crippen LogP contribution in [0.4, 0.5) is 0 Å². The molecule has 0 aliphatic rings. The molecule has 0 radical (unpaired) electrons. The van der Waals surface area contributed by atoms with E-state index in [1.165, 1.54) is 8.15 Å². The number of alkyl halides is 4. The molecule has 0 rings (SSSR count). The number of rotatable bonds is 4. The second-order valence-electron chi connectivity index (χ2n) is 5.73. The summed E-state index contributed by atoms with van der Waals surface area (Å²) in [5.41, 5.74) is 0. The van der Waals surface area contributed by atoms with Gasteiger partial charge in [0.15, 0.2) is 0 Å². The molecule has 0 aliphatic carbocycles. The second-order valence-corrected chi connectivity index (χ2v) is 39.2. The molecular weight excluding hydrogens is 525 g/mol. The minimum absolute atomic E-state index is 0.137. The predicted molar refractivity (Wildman–Crippen MR) is 79.3 cm³/mol. The Labute approximate surface area is 129 Å². The van der Waals surface area contributed by atoms with Crippen LogP contribution in [-0.2, 0) is 2.51 Å². The van der Waals surface area contributed by atoms with E-state index in [0.717, 1.165) is 0 Å². The van der Waals surface area contributed by atoms with Crippen LogP contribution in [0.3, 0.4) is 0 Å². The quantitative estimate of drug-likeness (QED) is 0.269. The molecule has 0 amide bonds. The van der Waals surface area contributed by atoms with Gasteiger partial charge in [-0.15, -0.1) is 0 Å². The van der Waals surface area contributed by atoms with E-state index in [4.69, 9.17) is 22.1 Å². The summed E-state index contributed by atoms with van der Waals surface area (Å²) in [7, 11) is 15.8. The van der Waals surface area contributed by atoms with Gasteiger partial charge in [0.25, 0.3) is 0 Å². The van der Waals surface area contributed by atoms with E-state index in [1.54, 1.807) is 9.21 Å². The average molecular weight is 549 g/mol. The van der Waals surface area contributed by atoms with Gasteiger partial charge in [0.05, 0.1) is 0 Å². The molecule has 0 aromatic heterocycles. The maximum absolute atomic E-state index is 6.72. The molecule has 0 spiro atoms. The maximum atomic E-state index is 6.72. The summed E-state index contributed by atoms with van der Waals surface area (Å²) in [5.74, 6) is 0. The van der Waals surface area contributed by atoms with Crippen molar-refractivity contribution >= 4 is 37.0 Å². The first-order valence-corrected chi connectivity index (χ1v) is 22.6. The van der Waals surface area contributed by atoms with Gasteiger partial charge in [-0.05, 0) is 0 Å². The van der Waals surface area contributed by atoms with Crippen molar-refractivity contribution in [2.24, 2.45) is 0 Å². The fraction of sp³-hybridized carbons (Fsp3) is 1.00. The molecule has 7 heteroatoms. The van der Waals surface area contributed by atoms with Crippen molar-refractivity contribution in [3.8, 4) is 0 Å². The normalized spacial score (nSPS) is 24.6. The second kappa shape index (κ2) is 6.64. The summed E-state index contributed by atoms with van der Waals surface area (Å²) in [5, 5.41) is 0. The van der Waals surface area contributed by atoms with Crippen LogP contribution < -0.4 is 33.4 Å². The van der Waals surface area contributed by atoms with Gasteiger partial charge in [0.2, 0.25) is 0 Å². The van der Waals surface area contributed by atoms with Crippen LogP contribution in [0.1, 0.15) is 41.5 Å². The molecule has 17 heavy (non-hydrogen) atoms. The van der Waals surface area contributed by atoms with E-state index >= 15 is 0 Å². The molecule has 0 saturated heterocycles. The summed E-state index contributed by atoms with van der Waals surface area (Å²) in [6.45, 7) is 13.2.